The van der Waals surface area contributed by atoms with Gasteiger partial charge in [0.15, 0.2) is 0 Å². The number of hydrogen-bond donors (Lipinski definition) is 1. The third kappa shape index (κ3) is 1.29. The van der Waals surface area contributed by atoms with Crippen molar-refractivity contribution in [2.45, 2.75) is 25.9 Å². The molecule has 0 fully saturated rings. The summed E-state index contributed by atoms with van der Waals surface area (Å²) in [5.41, 5.74) is 3.15. The molecule has 4 heteroatoms. The normalized spacial score (nSPS) is 18.7. The minimum Gasteiger partial charge on any atom is -0.493 e. The van der Waals surface area contributed by atoms with E-state index < -0.39 is 6.10 Å². The number of aliphatic hydroxyl groups is 1. The number of aliphatic hydroxyl groups excluding tert-OH is 1. The van der Waals surface area contributed by atoms with E-state index in [1.807, 2.05) is 0 Å². The Morgan fingerprint density at radius 2 is 1.75 bits per heavy atom. The molecule has 0 bridgehead atoms. The average molecular weight is 285 g/mol. The Bertz CT molecular complexity index is 419. The lowest BCUT2D eigenvalue weighted by Gasteiger charge is -2.16. The maximum absolute atomic E-state index is 9.89. The van der Waals surface area contributed by atoms with E-state index in [0.29, 0.717) is 13.2 Å². The quantitative estimate of drug-likeness (QED) is 0.861. The van der Waals surface area contributed by atoms with Crippen molar-refractivity contribution in [3.05, 3.63) is 21.2 Å². The minimum absolute atomic E-state index is 0.504. The third-order valence-electron chi connectivity index (χ3n) is 3.20. The van der Waals surface area contributed by atoms with Crippen molar-refractivity contribution in [1.29, 1.82) is 0 Å². The first-order valence-corrected chi connectivity index (χ1v) is 6.30. The van der Waals surface area contributed by atoms with Gasteiger partial charge in [0, 0.05) is 29.5 Å². The Hall–Kier alpha value is -0.740. The monoisotopic (exact) mass is 284 g/mol. The van der Waals surface area contributed by atoms with Gasteiger partial charge in [-0.05, 0) is 22.9 Å². The van der Waals surface area contributed by atoms with Crippen LogP contribution < -0.4 is 9.47 Å². The molecule has 0 saturated carbocycles. The van der Waals surface area contributed by atoms with Crippen molar-refractivity contribution >= 4 is 15.9 Å². The van der Waals surface area contributed by atoms with Crippen molar-refractivity contribution in [2.75, 3.05) is 13.2 Å². The topological polar surface area (TPSA) is 38.7 Å². The number of hydrogen-bond acceptors (Lipinski definition) is 3. The summed E-state index contributed by atoms with van der Waals surface area (Å²) in [4.78, 5) is 0. The summed E-state index contributed by atoms with van der Waals surface area (Å²) in [5.74, 6) is 1.77. The first kappa shape index (κ1) is 10.4. The molecular weight excluding hydrogens is 272 g/mol. The molecule has 0 aliphatic carbocycles. The summed E-state index contributed by atoms with van der Waals surface area (Å²) in [6.45, 7) is 3.16. The molecule has 16 heavy (non-hydrogen) atoms. The van der Waals surface area contributed by atoms with Crippen LogP contribution in [0.25, 0.3) is 0 Å². The molecule has 86 valence electrons. The number of fused-ring (bicyclic) bond motifs is 2. The van der Waals surface area contributed by atoms with E-state index in [9.17, 15) is 5.11 Å². The lowest BCUT2D eigenvalue weighted by molar-refractivity contribution is 0.192. The van der Waals surface area contributed by atoms with Crippen LogP contribution in [0.15, 0.2) is 4.47 Å². The summed E-state index contributed by atoms with van der Waals surface area (Å²) in [5, 5.41) is 9.89. The molecule has 1 atom stereocenters. The maximum atomic E-state index is 9.89. The summed E-state index contributed by atoms with van der Waals surface area (Å²) in [7, 11) is 0. The van der Waals surface area contributed by atoms with Crippen LogP contribution in [-0.4, -0.2) is 18.3 Å². The summed E-state index contributed by atoms with van der Waals surface area (Å²) >= 11 is 3.58. The molecule has 0 spiro atoms. The van der Waals surface area contributed by atoms with E-state index in [-0.39, 0.29) is 0 Å². The fraction of sp³-hybridized carbons (Fsp3) is 0.500. The zero-order valence-corrected chi connectivity index (χ0v) is 10.6. The molecule has 3 rings (SSSR count). The van der Waals surface area contributed by atoms with E-state index >= 15 is 0 Å². The van der Waals surface area contributed by atoms with Crippen molar-refractivity contribution in [1.82, 2.24) is 0 Å². The second-order valence-electron chi connectivity index (χ2n) is 4.22. The molecule has 1 aromatic carbocycles. The number of ether oxygens (including phenoxy) is 2. The zero-order valence-electron chi connectivity index (χ0n) is 9.05. The van der Waals surface area contributed by atoms with Gasteiger partial charge in [0.25, 0.3) is 0 Å². The largest absolute Gasteiger partial charge is 0.493 e. The van der Waals surface area contributed by atoms with Crippen LogP contribution in [0.4, 0.5) is 0 Å². The highest BCUT2D eigenvalue weighted by Crippen LogP contribution is 2.48. The molecule has 0 aromatic heterocycles. The smallest absolute Gasteiger partial charge is 0.137 e. The van der Waals surface area contributed by atoms with Gasteiger partial charge in [-0.2, -0.15) is 0 Å². The molecule has 0 radical (unpaired) electrons. The molecule has 1 unspecified atom stereocenters. The lowest BCUT2D eigenvalue weighted by Crippen LogP contribution is -2.01. The van der Waals surface area contributed by atoms with Crippen molar-refractivity contribution < 1.29 is 14.6 Å². The van der Waals surface area contributed by atoms with Gasteiger partial charge in [-0.3, -0.25) is 0 Å². The highest BCUT2D eigenvalue weighted by molar-refractivity contribution is 9.10. The maximum Gasteiger partial charge on any atom is 0.137 e. The molecule has 3 nitrogen and oxygen atoms in total. The molecule has 1 N–H and O–H groups in total. The van der Waals surface area contributed by atoms with Gasteiger partial charge in [-0.1, -0.05) is 0 Å². The molecule has 1 aromatic rings. The molecular formula is C12H13BrO3. The SMILES string of the molecule is CC(O)c1c2c(c(Br)c3c1OCC3)OCC2. The Labute approximate surface area is 102 Å². The summed E-state index contributed by atoms with van der Waals surface area (Å²) in [6.07, 6.45) is 1.23. The predicted octanol–water partition coefficient (Wildman–Crippen LogP) is 2.37. The van der Waals surface area contributed by atoms with E-state index in [4.69, 9.17) is 9.47 Å². The molecule has 2 heterocycles. The Morgan fingerprint density at radius 1 is 1.12 bits per heavy atom. The van der Waals surface area contributed by atoms with Gasteiger partial charge >= 0.3 is 0 Å². The van der Waals surface area contributed by atoms with E-state index in [2.05, 4.69) is 15.9 Å². The highest BCUT2D eigenvalue weighted by atomic mass is 79.9. The van der Waals surface area contributed by atoms with Crippen molar-refractivity contribution in [2.24, 2.45) is 0 Å². The van der Waals surface area contributed by atoms with Gasteiger partial charge in [0.1, 0.15) is 11.5 Å². The fourth-order valence-corrected chi connectivity index (χ4v) is 3.26. The first-order valence-electron chi connectivity index (χ1n) is 5.51. The number of benzene rings is 1. The van der Waals surface area contributed by atoms with Gasteiger partial charge in [0.2, 0.25) is 0 Å². The third-order valence-corrected chi connectivity index (χ3v) is 4.04. The first-order chi connectivity index (χ1) is 7.70. The van der Waals surface area contributed by atoms with Gasteiger partial charge in [-0.25, -0.2) is 0 Å². The van der Waals surface area contributed by atoms with Crippen LogP contribution in [-0.2, 0) is 12.8 Å². The van der Waals surface area contributed by atoms with Crippen LogP contribution in [0.1, 0.15) is 29.7 Å². The van der Waals surface area contributed by atoms with Crippen LogP contribution in [0.3, 0.4) is 0 Å². The zero-order chi connectivity index (χ0) is 11.3. The Kier molecular flexibility index (Phi) is 2.37. The Balaban J connectivity index is 2.31. The van der Waals surface area contributed by atoms with E-state index in [1.54, 1.807) is 6.92 Å². The molecule has 2 aliphatic heterocycles. The summed E-state index contributed by atoms with van der Waals surface area (Å²) < 4.78 is 12.3. The molecule has 0 saturated heterocycles. The van der Waals surface area contributed by atoms with Gasteiger partial charge < -0.3 is 14.6 Å². The van der Waals surface area contributed by atoms with Crippen LogP contribution in [0, 0.1) is 0 Å². The predicted molar refractivity (Wildman–Crippen MR) is 63.2 cm³/mol. The standard InChI is InChI=1S/C12H13BrO3/c1-6(14)9-7-2-4-16-12(7)10(13)8-3-5-15-11(8)9/h6,14H,2-5H2,1H3. The second-order valence-corrected chi connectivity index (χ2v) is 5.01. The van der Waals surface area contributed by atoms with Crippen LogP contribution in [0.5, 0.6) is 11.5 Å². The van der Waals surface area contributed by atoms with Crippen LogP contribution >= 0.6 is 15.9 Å². The van der Waals surface area contributed by atoms with Crippen molar-refractivity contribution in [3.8, 4) is 11.5 Å². The van der Waals surface area contributed by atoms with E-state index in [1.165, 1.54) is 0 Å². The molecule has 2 aliphatic rings. The number of halogens is 1. The minimum atomic E-state index is -0.504. The van der Waals surface area contributed by atoms with Gasteiger partial charge in [0.05, 0.1) is 23.8 Å². The highest BCUT2D eigenvalue weighted by Gasteiger charge is 2.31. The number of rotatable bonds is 1. The second kappa shape index (κ2) is 3.64. The summed E-state index contributed by atoms with van der Waals surface area (Å²) in [6, 6.07) is 0. The van der Waals surface area contributed by atoms with Crippen molar-refractivity contribution in [3.63, 3.8) is 0 Å². The average Bonchev–Trinajstić information content (AvgIpc) is 2.84. The van der Waals surface area contributed by atoms with E-state index in [0.717, 1.165) is 45.5 Å². The van der Waals surface area contributed by atoms with Gasteiger partial charge in [-0.15, -0.1) is 0 Å². The van der Waals surface area contributed by atoms with Crippen LogP contribution in [0.2, 0.25) is 0 Å². The molecule has 0 amide bonds. The lowest BCUT2D eigenvalue weighted by atomic mass is 9.96. The Morgan fingerprint density at radius 3 is 2.44 bits per heavy atom. The fourth-order valence-electron chi connectivity index (χ4n) is 2.53.